The molecule has 1 aromatic rings. The summed E-state index contributed by atoms with van der Waals surface area (Å²) >= 11 is 1.67. The summed E-state index contributed by atoms with van der Waals surface area (Å²) in [7, 11) is 0. The lowest BCUT2D eigenvalue weighted by molar-refractivity contribution is -0.141. The first-order valence-corrected chi connectivity index (χ1v) is 6.56. The zero-order chi connectivity index (χ0) is 12.7. The quantitative estimate of drug-likeness (QED) is 0.783. The Labute approximate surface area is 105 Å². The second kappa shape index (κ2) is 7.06. The average molecular weight is 255 g/mol. The minimum absolute atomic E-state index is 0.184. The molecule has 0 aliphatic heterocycles. The predicted molar refractivity (Wildman–Crippen MR) is 67.1 cm³/mol. The molecule has 5 heteroatoms. The molecule has 0 bridgehead atoms. The number of aryl methyl sites for hydroxylation is 1. The van der Waals surface area contributed by atoms with E-state index in [2.05, 4.69) is 5.32 Å². The van der Waals surface area contributed by atoms with Crippen LogP contribution in [0, 0.1) is 0 Å². The number of hydrogen-bond acceptors (Lipinski definition) is 3. The Morgan fingerprint density at radius 1 is 1.53 bits per heavy atom. The van der Waals surface area contributed by atoms with Crippen LogP contribution in [-0.2, 0) is 16.0 Å². The Hall–Kier alpha value is -1.36. The smallest absolute Gasteiger partial charge is 0.326 e. The van der Waals surface area contributed by atoms with Crippen molar-refractivity contribution in [1.29, 1.82) is 0 Å². The molecule has 0 radical (unpaired) electrons. The Morgan fingerprint density at radius 3 is 2.82 bits per heavy atom. The monoisotopic (exact) mass is 255 g/mol. The van der Waals surface area contributed by atoms with Gasteiger partial charge in [-0.15, -0.1) is 11.3 Å². The number of carbonyl (C=O) groups is 2. The Kier molecular flexibility index (Phi) is 5.69. The number of hydrogen-bond donors (Lipinski definition) is 2. The summed E-state index contributed by atoms with van der Waals surface area (Å²) in [5.41, 5.74) is 0. The van der Waals surface area contributed by atoms with Crippen LogP contribution in [0.25, 0.3) is 0 Å². The van der Waals surface area contributed by atoms with Crippen LogP contribution in [0.3, 0.4) is 0 Å². The minimum atomic E-state index is -0.973. The van der Waals surface area contributed by atoms with E-state index in [0.29, 0.717) is 12.8 Å². The summed E-state index contributed by atoms with van der Waals surface area (Å²) in [4.78, 5) is 23.4. The number of carboxylic acid groups (broad SMARTS) is 1. The first kappa shape index (κ1) is 13.7. The third kappa shape index (κ3) is 4.99. The van der Waals surface area contributed by atoms with E-state index in [4.69, 9.17) is 5.11 Å². The molecule has 0 fully saturated rings. The lowest BCUT2D eigenvalue weighted by atomic mass is 10.2. The third-order valence-electron chi connectivity index (χ3n) is 2.45. The maximum Gasteiger partial charge on any atom is 0.326 e. The molecule has 0 unspecified atom stereocenters. The van der Waals surface area contributed by atoms with Gasteiger partial charge in [0, 0.05) is 11.3 Å². The number of carboxylic acids is 1. The average Bonchev–Trinajstić information content (AvgIpc) is 2.78. The summed E-state index contributed by atoms with van der Waals surface area (Å²) in [5, 5.41) is 13.3. The lowest BCUT2D eigenvalue weighted by Gasteiger charge is -2.11. The molecule has 2 N–H and O–H groups in total. The molecule has 0 saturated carbocycles. The van der Waals surface area contributed by atoms with E-state index >= 15 is 0 Å². The summed E-state index contributed by atoms with van der Waals surface area (Å²) in [6.07, 6.45) is 2.41. The van der Waals surface area contributed by atoms with Crippen molar-refractivity contribution in [3.05, 3.63) is 22.4 Å². The number of thiophene rings is 1. The first-order valence-electron chi connectivity index (χ1n) is 5.68. The number of nitrogens with one attached hydrogen (secondary N) is 1. The van der Waals surface area contributed by atoms with Gasteiger partial charge in [-0.3, -0.25) is 4.79 Å². The molecule has 17 heavy (non-hydrogen) atoms. The largest absolute Gasteiger partial charge is 0.480 e. The molecule has 1 aromatic heterocycles. The van der Waals surface area contributed by atoms with Crippen LogP contribution in [0.2, 0.25) is 0 Å². The van der Waals surface area contributed by atoms with Gasteiger partial charge in [0.25, 0.3) is 0 Å². The Morgan fingerprint density at radius 2 is 2.29 bits per heavy atom. The first-order chi connectivity index (χ1) is 8.13. The van der Waals surface area contributed by atoms with Crippen LogP contribution in [0.5, 0.6) is 0 Å². The minimum Gasteiger partial charge on any atom is -0.480 e. The van der Waals surface area contributed by atoms with Crippen molar-refractivity contribution in [3.63, 3.8) is 0 Å². The molecular weight excluding hydrogens is 238 g/mol. The van der Waals surface area contributed by atoms with Gasteiger partial charge in [-0.25, -0.2) is 4.79 Å². The van der Waals surface area contributed by atoms with Crippen molar-refractivity contribution in [2.24, 2.45) is 0 Å². The highest BCUT2D eigenvalue weighted by Gasteiger charge is 2.16. The van der Waals surface area contributed by atoms with E-state index in [1.54, 1.807) is 18.3 Å². The van der Waals surface area contributed by atoms with Crippen LogP contribution in [0.1, 0.15) is 31.1 Å². The van der Waals surface area contributed by atoms with Crippen LogP contribution in [-0.4, -0.2) is 23.0 Å². The number of aliphatic carboxylic acids is 1. The van der Waals surface area contributed by atoms with Gasteiger partial charge < -0.3 is 10.4 Å². The fourth-order valence-electron chi connectivity index (χ4n) is 1.48. The highest BCUT2D eigenvalue weighted by Crippen LogP contribution is 2.11. The van der Waals surface area contributed by atoms with Crippen LogP contribution in [0.4, 0.5) is 0 Å². The van der Waals surface area contributed by atoms with Crippen molar-refractivity contribution in [1.82, 2.24) is 5.32 Å². The third-order valence-corrected chi connectivity index (χ3v) is 3.38. The van der Waals surface area contributed by atoms with Crippen molar-refractivity contribution in [3.8, 4) is 0 Å². The van der Waals surface area contributed by atoms with Gasteiger partial charge in [-0.1, -0.05) is 13.0 Å². The van der Waals surface area contributed by atoms with Crippen molar-refractivity contribution >= 4 is 23.2 Å². The highest BCUT2D eigenvalue weighted by molar-refractivity contribution is 7.09. The van der Waals surface area contributed by atoms with Crippen molar-refractivity contribution in [2.45, 2.75) is 38.6 Å². The topological polar surface area (TPSA) is 66.4 Å². The zero-order valence-electron chi connectivity index (χ0n) is 9.81. The van der Waals surface area contributed by atoms with E-state index in [1.807, 2.05) is 17.5 Å². The molecule has 0 aliphatic rings. The van der Waals surface area contributed by atoms with E-state index in [1.165, 1.54) is 4.88 Å². The second-order valence-electron chi connectivity index (χ2n) is 3.80. The Balaban J connectivity index is 2.23. The fraction of sp³-hybridized carbons (Fsp3) is 0.500. The molecule has 0 aromatic carbocycles. The summed E-state index contributed by atoms with van der Waals surface area (Å²) < 4.78 is 0. The zero-order valence-corrected chi connectivity index (χ0v) is 10.6. The molecule has 1 rings (SSSR count). The van der Waals surface area contributed by atoms with E-state index in [0.717, 1.165) is 12.8 Å². The molecule has 94 valence electrons. The van der Waals surface area contributed by atoms with Gasteiger partial charge >= 0.3 is 5.97 Å². The maximum absolute atomic E-state index is 11.5. The van der Waals surface area contributed by atoms with Crippen molar-refractivity contribution < 1.29 is 14.7 Å². The molecule has 1 atom stereocenters. The lowest BCUT2D eigenvalue weighted by Crippen LogP contribution is -2.40. The molecule has 0 aliphatic carbocycles. The maximum atomic E-state index is 11.5. The fourth-order valence-corrected chi connectivity index (χ4v) is 2.23. The van der Waals surface area contributed by atoms with E-state index in [9.17, 15) is 9.59 Å². The Bertz CT molecular complexity index is 362. The molecule has 0 saturated heterocycles. The van der Waals surface area contributed by atoms with Gasteiger partial charge in [0.2, 0.25) is 5.91 Å². The van der Waals surface area contributed by atoms with Gasteiger partial charge in [0.15, 0.2) is 0 Å². The van der Waals surface area contributed by atoms with Gasteiger partial charge in [-0.05, 0) is 30.7 Å². The van der Waals surface area contributed by atoms with E-state index < -0.39 is 12.0 Å². The SMILES string of the molecule is CC[C@@H](NC(=O)CCCc1cccs1)C(=O)O. The van der Waals surface area contributed by atoms with Crippen LogP contribution in [0.15, 0.2) is 17.5 Å². The molecule has 4 nitrogen and oxygen atoms in total. The number of rotatable bonds is 7. The summed E-state index contributed by atoms with van der Waals surface area (Å²) in [6, 6.07) is 3.26. The summed E-state index contributed by atoms with van der Waals surface area (Å²) in [5.74, 6) is -1.16. The predicted octanol–water partition coefficient (Wildman–Crippen LogP) is 2.05. The van der Waals surface area contributed by atoms with E-state index in [-0.39, 0.29) is 5.91 Å². The van der Waals surface area contributed by atoms with Crippen LogP contribution < -0.4 is 5.32 Å². The van der Waals surface area contributed by atoms with Crippen LogP contribution >= 0.6 is 11.3 Å². The molecule has 1 heterocycles. The van der Waals surface area contributed by atoms with Gasteiger partial charge in [-0.2, -0.15) is 0 Å². The number of carbonyl (C=O) groups excluding carboxylic acids is 1. The van der Waals surface area contributed by atoms with Gasteiger partial charge in [0.1, 0.15) is 6.04 Å². The second-order valence-corrected chi connectivity index (χ2v) is 4.83. The molecule has 0 spiro atoms. The normalized spacial score (nSPS) is 12.1. The summed E-state index contributed by atoms with van der Waals surface area (Å²) in [6.45, 7) is 1.74. The molecular formula is C12H17NO3S. The molecule has 1 amide bonds. The highest BCUT2D eigenvalue weighted by atomic mass is 32.1. The van der Waals surface area contributed by atoms with Gasteiger partial charge in [0.05, 0.1) is 0 Å². The van der Waals surface area contributed by atoms with Crippen molar-refractivity contribution in [2.75, 3.05) is 0 Å². The standard InChI is InChI=1S/C12H17NO3S/c1-2-10(12(15)16)13-11(14)7-3-5-9-6-4-8-17-9/h4,6,8,10H,2-3,5,7H2,1H3,(H,13,14)(H,15,16)/t10-/m1/s1. The number of amides is 1.